The minimum Gasteiger partial charge on any atom is -0.155 e. The summed E-state index contributed by atoms with van der Waals surface area (Å²) >= 11 is 0. The fourth-order valence-corrected chi connectivity index (χ4v) is 1.22. The van der Waals surface area contributed by atoms with Crippen LogP contribution in [0, 0.1) is 6.58 Å². The summed E-state index contributed by atoms with van der Waals surface area (Å²) in [5.74, 6) is 0. The van der Waals surface area contributed by atoms with Gasteiger partial charge >= 0.3 is 0 Å². The van der Waals surface area contributed by atoms with Crippen LogP contribution in [0.5, 0.6) is 0 Å². The van der Waals surface area contributed by atoms with Gasteiger partial charge < -0.3 is 0 Å². The molecule has 0 fully saturated rings. The van der Waals surface area contributed by atoms with Crippen LogP contribution in [0.4, 0.5) is 0 Å². The average Bonchev–Trinajstić information content (AvgIpc) is 2.31. The first kappa shape index (κ1) is 6.21. The van der Waals surface area contributed by atoms with Crippen molar-refractivity contribution in [2.45, 2.75) is 0 Å². The van der Waals surface area contributed by atoms with Crippen molar-refractivity contribution in [3.63, 3.8) is 0 Å². The maximum absolute atomic E-state index is 5.66. The standard InChI is InChI=1S/C11H8/c1-9-4-2-5-10-6-3-7-11(10)8-9/h1-8H. The topological polar surface area (TPSA) is 0 Å². The van der Waals surface area contributed by atoms with Crippen molar-refractivity contribution in [1.29, 1.82) is 0 Å². The third kappa shape index (κ3) is 1.04. The van der Waals surface area contributed by atoms with Crippen molar-refractivity contribution in [3.05, 3.63) is 52.9 Å². The molecule has 1 aromatic carbocycles. The van der Waals surface area contributed by atoms with E-state index in [1.807, 2.05) is 24.3 Å². The molecular formula is C11H8. The van der Waals surface area contributed by atoms with Gasteiger partial charge in [0.1, 0.15) is 0 Å². The van der Waals surface area contributed by atoms with Gasteiger partial charge in [0.25, 0.3) is 0 Å². The van der Waals surface area contributed by atoms with E-state index >= 15 is 0 Å². The van der Waals surface area contributed by atoms with Gasteiger partial charge in [-0.1, -0.05) is 5.22 Å². The zero-order valence-corrected chi connectivity index (χ0v) is 6.12. The molecule has 0 heterocycles. The van der Waals surface area contributed by atoms with Gasteiger partial charge in [-0.15, -0.1) is 17.4 Å². The molecule has 0 nitrogen and oxygen atoms in total. The van der Waals surface area contributed by atoms with E-state index in [1.165, 1.54) is 10.4 Å². The van der Waals surface area contributed by atoms with Crippen LogP contribution in [-0.4, -0.2) is 0 Å². The SMILES string of the molecule is [CH+]=C1C=CC=c2[cH-]ccc2=C1. The molecular weight excluding hydrogens is 132 g/mol. The summed E-state index contributed by atoms with van der Waals surface area (Å²) in [5.41, 5.74) is 0.811. The molecule has 0 atom stereocenters. The first-order valence-corrected chi connectivity index (χ1v) is 3.60. The molecule has 0 heteroatoms. The van der Waals surface area contributed by atoms with Crippen molar-refractivity contribution >= 4 is 12.2 Å². The van der Waals surface area contributed by atoms with Crippen LogP contribution in [0.2, 0.25) is 0 Å². The largest absolute Gasteiger partial charge is 0.170 e. The van der Waals surface area contributed by atoms with Crippen LogP contribution in [0.1, 0.15) is 0 Å². The fraction of sp³-hybridized carbons (Fsp3) is 0. The van der Waals surface area contributed by atoms with Crippen LogP contribution in [0.25, 0.3) is 12.2 Å². The van der Waals surface area contributed by atoms with Crippen LogP contribution in [-0.2, 0) is 0 Å². The molecule has 2 rings (SSSR count). The molecule has 0 bridgehead atoms. The van der Waals surface area contributed by atoms with Gasteiger partial charge in [0.05, 0.1) is 0 Å². The molecule has 0 amide bonds. The Labute approximate surface area is 65.8 Å². The zero-order chi connectivity index (χ0) is 7.68. The Balaban J connectivity index is 2.84. The first-order valence-electron chi connectivity index (χ1n) is 3.60. The van der Waals surface area contributed by atoms with Crippen molar-refractivity contribution in [3.8, 4) is 0 Å². The number of hydrogen-bond acceptors (Lipinski definition) is 0. The second kappa shape index (κ2) is 2.26. The monoisotopic (exact) mass is 140 g/mol. The maximum atomic E-state index is 5.66. The van der Waals surface area contributed by atoms with E-state index in [9.17, 15) is 0 Å². The van der Waals surface area contributed by atoms with E-state index in [4.69, 9.17) is 6.58 Å². The summed E-state index contributed by atoms with van der Waals surface area (Å²) in [5, 5.41) is 2.44. The van der Waals surface area contributed by atoms with Crippen LogP contribution in [0.15, 0.2) is 35.9 Å². The predicted octanol–water partition coefficient (Wildman–Crippen LogP) is 0.896. The highest BCUT2D eigenvalue weighted by atomic mass is 13.9. The molecule has 0 saturated carbocycles. The Morgan fingerprint density at radius 2 is 2.27 bits per heavy atom. The van der Waals surface area contributed by atoms with Crippen molar-refractivity contribution < 1.29 is 0 Å². The summed E-state index contributed by atoms with van der Waals surface area (Å²) in [6.07, 6.45) is 7.92. The molecule has 1 aromatic rings. The Morgan fingerprint density at radius 1 is 1.36 bits per heavy atom. The molecule has 1 aliphatic rings. The molecule has 0 radical (unpaired) electrons. The van der Waals surface area contributed by atoms with Gasteiger partial charge in [-0.2, -0.15) is 12.1 Å². The molecule has 0 saturated heterocycles. The van der Waals surface area contributed by atoms with Crippen LogP contribution in [0.3, 0.4) is 0 Å². The summed E-state index contributed by atoms with van der Waals surface area (Å²) in [6, 6.07) is 6.17. The van der Waals surface area contributed by atoms with E-state index in [0.29, 0.717) is 0 Å². The lowest BCUT2D eigenvalue weighted by Crippen LogP contribution is -2.17. The van der Waals surface area contributed by atoms with E-state index in [-0.39, 0.29) is 0 Å². The molecule has 1 aliphatic carbocycles. The molecule has 0 spiro atoms. The molecule has 0 N–H and O–H groups in total. The van der Waals surface area contributed by atoms with Crippen LogP contribution < -0.4 is 10.4 Å². The maximum Gasteiger partial charge on any atom is 0.170 e. The Bertz CT molecular complexity index is 413. The summed E-state index contributed by atoms with van der Waals surface area (Å²) in [7, 11) is 0. The van der Waals surface area contributed by atoms with Gasteiger partial charge in [0.2, 0.25) is 0 Å². The quantitative estimate of drug-likeness (QED) is 0.470. The highest BCUT2D eigenvalue weighted by Gasteiger charge is 1.91. The summed E-state index contributed by atoms with van der Waals surface area (Å²) < 4.78 is 0. The predicted molar refractivity (Wildman–Crippen MR) is 47.2 cm³/mol. The van der Waals surface area contributed by atoms with E-state index in [2.05, 4.69) is 18.2 Å². The summed E-state index contributed by atoms with van der Waals surface area (Å²) in [6.45, 7) is 5.66. The molecule has 11 heavy (non-hydrogen) atoms. The third-order valence-electron chi connectivity index (χ3n) is 1.77. The first-order chi connectivity index (χ1) is 5.36. The molecule has 0 aromatic heterocycles. The molecule has 0 aliphatic heterocycles. The van der Waals surface area contributed by atoms with Gasteiger partial charge in [-0.05, 0) is 12.7 Å². The Kier molecular flexibility index (Phi) is 1.28. The normalized spacial score (nSPS) is 14.6. The smallest absolute Gasteiger partial charge is 0.155 e. The van der Waals surface area contributed by atoms with Gasteiger partial charge in [-0.3, -0.25) is 0 Å². The van der Waals surface area contributed by atoms with E-state index in [0.717, 1.165) is 5.57 Å². The summed E-state index contributed by atoms with van der Waals surface area (Å²) in [4.78, 5) is 0. The van der Waals surface area contributed by atoms with Gasteiger partial charge in [0.15, 0.2) is 5.57 Å². The second-order valence-corrected chi connectivity index (χ2v) is 2.61. The van der Waals surface area contributed by atoms with Crippen LogP contribution >= 0.6 is 0 Å². The van der Waals surface area contributed by atoms with Crippen molar-refractivity contribution in [1.82, 2.24) is 0 Å². The highest BCUT2D eigenvalue weighted by Crippen LogP contribution is 1.95. The van der Waals surface area contributed by atoms with Crippen molar-refractivity contribution in [2.24, 2.45) is 0 Å². The molecule has 52 valence electrons. The van der Waals surface area contributed by atoms with Gasteiger partial charge in [-0.25, -0.2) is 0 Å². The Hall–Kier alpha value is -1.52. The highest BCUT2D eigenvalue weighted by molar-refractivity contribution is 5.57. The minimum atomic E-state index is 0.811. The number of rotatable bonds is 0. The fourth-order valence-electron chi connectivity index (χ4n) is 1.22. The second-order valence-electron chi connectivity index (χ2n) is 2.61. The minimum absolute atomic E-state index is 0.811. The van der Waals surface area contributed by atoms with E-state index in [1.54, 1.807) is 0 Å². The Morgan fingerprint density at radius 3 is 3.18 bits per heavy atom. The molecule has 0 unspecified atom stereocenters. The number of hydrogen-bond donors (Lipinski definition) is 0. The van der Waals surface area contributed by atoms with E-state index < -0.39 is 0 Å². The zero-order valence-electron chi connectivity index (χ0n) is 6.12. The lowest BCUT2D eigenvalue weighted by Gasteiger charge is -1.78. The lowest BCUT2D eigenvalue weighted by atomic mass is 10.2. The van der Waals surface area contributed by atoms with Crippen molar-refractivity contribution in [2.75, 3.05) is 0 Å². The third-order valence-corrected chi connectivity index (χ3v) is 1.77. The number of fused-ring (bicyclic) bond motifs is 1. The average molecular weight is 140 g/mol. The lowest BCUT2D eigenvalue weighted by molar-refractivity contribution is 1.67. The van der Waals surface area contributed by atoms with Gasteiger partial charge in [0, 0.05) is 12.2 Å². The number of allylic oxidation sites excluding steroid dienone is 3.